The maximum absolute atomic E-state index is 12.3. The normalized spacial score (nSPS) is 17.9. The molecule has 3 aromatic rings. The van der Waals surface area contributed by atoms with Crippen LogP contribution in [0.2, 0.25) is 5.02 Å². The predicted molar refractivity (Wildman–Crippen MR) is 110 cm³/mol. The van der Waals surface area contributed by atoms with Crippen molar-refractivity contribution in [3.63, 3.8) is 0 Å². The molecule has 4 rings (SSSR count). The Kier molecular flexibility index (Phi) is 4.76. The molecular formula is C19H23ClN6O2. The Hall–Kier alpha value is -2.58. The second-order valence-corrected chi connectivity index (χ2v) is 7.53. The summed E-state index contributed by atoms with van der Waals surface area (Å²) >= 11 is 6.67. The number of imidazole rings is 1. The fourth-order valence-corrected chi connectivity index (χ4v) is 4.11. The topological polar surface area (TPSA) is 91.2 Å². The number of benzene rings is 1. The number of nitrogens with zero attached hydrogens (tertiary/aromatic N) is 5. The van der Waals surface area contributed by atoms with E-state index in [9.17, 15) is 4.79 Å². The summed E-state index contributed by atoms with van der Waals surface area (Å²) in [5.74, 6) is 0.990. The third-order valence-electron chi connectivity index (χ3n) is 5.24. The number of aromatic nitrogens is 4. The average Bonchev–Trinajstić information content (AvgIpc) is 2.84. The molecular weight excluding hydrogens is 380 g/mol. The van der Waals surface area contributed by atoms with Crippen molar-refractivity contribution in [2.75, 3.05) is 30.4 Å². The first-order valence-corrected chi connectivity index (χ1v) is 9.55. The zero-order valence-corrected chi connectivity index (χ0v) is 16.9. The van der Waals surface area contributed by atoms with Gasteiger partial charge in [0.1, 0.15) is 5.82 Å². The average molecular weight is 403 g/mol. The largest absolute Gasteiger partial charge is 0.379 e. The van der Waals surface area contributed by atoms with Crippen molar-refractivity contribution in [1.29, 1.82) is 0 Å². The number of hydrogen-bond donors (Lipinski definition) is 1. The summed E-state index contributed by atoms with van der Waals surface area (Å²) in [6.07, 6.45) is 0.864. The molecule has 148 valence electrons. The Bertz CT molecular complexity index is 1090. The van der Waals surface area contributed by atoms with Crippen molar-refractivity contribution in [3.05, 3.63) is 45.0 Å². The number of halogens is 1. The minimum Gasteiger partial charge on any atom is -0.379 e. The van der Waals surface area contributed by atoms with Crippen LogP contribution in [0.15, 0.2) is 23.0 Å². The molecule has 3 heterocycles. The van der Waals surface area contributed by atoms with E-state index in [1.54, 1.807) is 23.2 Å². The van der Waals surface area contributed by atoms with E-state index in [4.69, 9.17) is 22.1 Å². The van der Waals surface area contributed by atoms with Gasteiger partial charge in [-0.15, -0.1) is 0 Å². The Balaban J connectivity index is 1.87. The number of anilines is 2. The van der Waals surface area contributed by atoms with Gasteiger partial charge in [0.05, 0.1) is 23.7 Å². The van der Waals surface area contributed by atoms with E-state index in [1.165, 1.54) is 0 Å². The lowest BCUT2D eigenvalue weighted by atomic mass is 10.0. The highest BCUT2D eigenvalue weighted by Crippen LogP contribution is 2.35. The number of hydrogen-bond acceptors (Lipinski definition) is 6. The van der Waals surface area contributed by atoms with E-state index in [0.29, 0.717) is 18.2 Å². The van der Waals surface area contributed by atoms with Gasteiger partial charge in [-0.25, -0.2) is 9.78 Å². The summed E-state index contributed by atoms with van der Waals surface area (Å²) in [5, 5.41) is 0.591. The lowest BCUT2D eigenvalue weighted by molar-refractivity contribution is 0.134. The number of nitrogen functional groups attached to an aromatic ring is 1. The van der Waals surface area contributed by atoms with Crippen molar-refractivity contribution >= 4 is 34.4 Å². The lowest BCUT2D eigenvalue weighted by Crippen LogP contribution is -2.32. The van der Waals surface area contributed by atoms with Crippen LogP contribution in [0.3, 0.4) is 0 Å². The van der Waals surface area contributed by atoms with Gasteiger partial charge in [-0.2, -0.15) is 4.98 Å². The Morgan fingerprint density at radius 1 is 1.18 bits per heavy atom. The van der Waals surface area contributed by atoms with Crippen molar-refractivity contribution in [2.45, 2.75) is 19.4 Å². The molecule has 1 fully saturated rings. The molecule has 0 spiro atoms. The summed E-state index contributed by atoms with van der Waals surface area (Å²) in [5.41, 5.74) is 9.12. The zero-order valence-electron chi connectivity index (χ0n) is 16.1. The first-order valence-electron chi connectivity index (χ1n) is 9.17. The second-order valence-electron chi connectivity index (χ2n) is 7.13. The van der Waals surface area contributed by atoms with E-state index in [2.05, 4.69) is 14.9 Å². The number of nitrogens with two attached hydrogens (primary N) is 1. The SMILES string of the molecule is Cc1cc(N2CCCOCC2c2cc3c(cc2Cl)n(C)c(=O)n3C)nc(N)n1. The van der Waals surface area contributed by atoms with Crippen LogP contribution >= 0.6 is 11.6 Å². The number of ether oxygens (including phenoxy) is 1. The molecule has 1 unspecified atom stereocenters. The standard InChI is InChI=1S/C19H23ClN6O2/c1-11-7-17(23-18(21)22-11)26-5-4-6-28-10-16(26)12-8-14-15(9-13(12)20)25(3)19(27)24(14)2/h7-9,16H,4-6,10H2,1-3H3,(H2,21,22,23). The molecule has 2 N–H and O–H groups in total. The van der Waals surface area contributed by atoms with Gasteiger partial charge in [0.25, 0.3) is 0 Å². The molecule has 9 heteroatoms. The highest BCUT2D eigenvalue weighted by molar-refractivity contribution is 6.32. The zero-order chi connectivity index (χ0) is 20.0. The summed E-state index contributed by atoms with van der Waals surface area (Å²) in [6.45, 7) is 3.78. The molecule has 0 saturated carbocycles. The monoisotopic (exact) mass is 402 g/mol. The van der Waals surface area contributed by atoms with Crippen LogP contribution in [-0.4, -0.2) is 38.9 Å². The fourth-order valence-electron chi connectivity index (χ4n) is 3.82. The van der Waals surface area contributed by atoms with E-state index in [1.807, 2.05) is 25.1 Å². The summed E-state index contributed by atoms with van der Waals surface area (Å²) in [4.78, 5) is 23.1. The van der Waals surface area contributed by atoms with Crippen LogP contribution in [0.4, 0.5) is 11.8 Å². The van der Waals surface area contributed by atoms with Gasteiger partial charge in [0.15, 0.2) is 0 Å². The minimum absolute atomic E-state index is 0.0867. The summed E-state index contributed by atoms with van der Waals surface area (Å²) in [6, 6.07) is 5.58. The van der Waals surface area contributed by atoms with Crippen LogP contribution in [0, 0.1) is 6.92 Å². The first kappa shape index (κ1) is 18.8. The highest BCUT2D eigenvalue weighted by atomic mass is 35.5. The van der Waals surface area contributed by atoms with Gasteiger partial charge in [-0.3, -0.25) is 9.13 Å². The molecule has 1 atom stereocenters. The molecule has 0 bridgehead atoms. The van der Waals surface area contributed by atoms with E-state index in [0.717, 1.165) is 41.1 Å². The maximum Gasteiger partial charge on any atom is 0.328 e. The van der Waals surface area contributed by atoms with Gasteiger partial charge in [-0.05, 0) is 31.0 Å². The van der Waals surface area contributed by atoms with Crippen molar-refractivity contribution in [3.8, 4) is 0 Å². The van der Waals surface area contributed by atoms with Crippen molar-refractivity contribution < 1.29 is 4.74 Å². The van der Waals surface area contributed by atoms with Gasteiger partial charge in [-0.1, -0.05) is 11.6 Å². The molecule has 8 nitrogen and oxygen atoms in total. The number of rotatable bonds is 2. The summed E-state index contributed by atoms with van der Waals surface area (Å²) < 4.78 is 9.08. The second kappa shape index (κ2) is 7.10. The lowest BCUT2D eigenvalue weighted by Gasteiger charge is -2.31. The molecule has 2 aromatic heterocycles. The Morgan fingerprint density at radius 3 is 2.61 bits per heavy atom. The quantitative estimate of drug-likeness (QED) is 0.706. The van der Waals surface area contributed by atoms with Crippen molar-refractivity contribution in [1.82, 2.24) is 19.1 Å². The van der Waals surface area contributed by atoms with Gasteiger partial charge < -0.3 is 15.4 Å². The molecule has 0 amide bonds. The van der Waals surface area contributed by atoms with Crippen LogP contribution in [0.1, 0.15) is 23.7 Å². The first-order chi connectivity index (χ1) is 13.4. The van der Waals surface area contributed by atoms with Gasteiger partial charge in [0, 0.05) is 44.0 Å². The highest BCUT2D eigenvalue weighted by Gasteiger charge is 2.28. The third-order valence-corrected chi connectivity index (χ3v) is 5.57. The van der Waals surface area contributed by atoms with E-state index >= 15 is 0 Å². The number of aryl methyl sites for hydroxylation is 3. The van der Waals surface area contributed by atoms with Gasteiger partial charge in [0.2, 0.25) is 5.95 Å². The molecule has 1 saturated heterocycles. The van der Waals surface area contributed by atoms with Crippen LogP contribution in [-0.2, 0) is 18.8 Å². The van der Waals surface area contributed by atoms with Crippen LogP contribution in [0.25, 0.3) is 11.0 Å². The fraction of sp³-hybridized carbons (Fsp3) is 0.421. The molecule has 1 aliphatic rings. The number of fused-ring (bicyclic) bond motifs is 1. The van der Waals surface area contributed by atoms with Gasteiger partial charge >= 0.3 is 5.69 Å². The smallest absolute Gasteiger partial charge is 0.328 e. The van der Waals surface area contributed by atoms with E-state index < -0.39 is 0 Å². The molecule has 0 radical (unpaired) electrons. The molecule has 28 heavy (non-hydrogen) atoms. The molecule has 1 aromatic carbocycles. The Labute approximate surface area is 167 Å². The van der Waals surface area contributed by atoms with E-state index in [-0.39, 0.29) is 17.7 Å². The van der Waals surface area contributed by atoms with Crippen LogP contribution in [0.5, 0.6) is 0 Å². The van der Waals surface area contributed by atoms with Crippen LogP contribution < -0.4 is 16.3 Å². The third kappa shape index (κ3) is 3.12. The predicted octanol–water partition coefficient (Wildman–Crippen LogP) is 2.18. The maximum atomic E-state index is 12.3. The summed E-state index contributed by atoms with van der Waals surface area (Å²) in [7, 11) is 3.51. The Morgan fingerprint density at radius 2 is 1.89 bits per heavy atom. The minimum atomic E-state index is -0.150. The molecule has 1 aliphatic heterocycles. The molecule has 0 aliphatic carbocycles. The van der Waals surface area contributed by atoms with Crippen molar-refractivity contribution in [2.24, 2.45) is 14.1 Å².